The summed E-state index contributed by atoms with van der Waals surface area (Å²) in [5, 5.41) is 4.07. The van der Waals surface area contributed by atoms with Crippen molar-refractivity contribution < 1.29 is 4.79 Å². The molecule has 0 saturated carbocycles. The Morgan fingerprint density at radius 2 is 1.89 bits per heavy atom. The lowest BCUT2D eigenvalue weighted by Gasteiger charge is -2.04. The fourth-order valence-corrected chi connectivity index (χ4v) is 1.66. The third-order valence-corrected chi connectivity index (χ3v) is 2.75. The average Bonchev–Trinajstić information content (AvgIpc) is 2.46. The highest BCUT2D eigenvalue weighted by Gasteiger charge is 2.07. The molecule has 4 nitrogen and oxygen atoms in total. The number of nitrogens with one attached hydrogen (secondary N) is 1. The Labute approximate surface area is 112 Å². The second-order valence-corrected chi connectivity index (χ2v) is 4.17. The maximum Gasteiger partial charge on any atom is 0.271 e. The highest BCUT2D eigenvalue weighted by atomic mass is 16.2. The van der Waals surface area contributed by atoms with E-state index in [1.807, 2.05) is 43.3 Å². The van der Waals surface area contributed by atoms with Crippen molar-refractivity contribution in [3.05, 3.63) is 65.5 Å². The molecule has 96 valence electrons. The first-order valence-corrected chi connectivity index (χ1v) is 6.00. The van der Waals surface area contributed by atoms with Crippen molar-refractivity contribution in [2.45, 2.75) is 13.8 Å². The van der Waals surface area contributed by atoms with Gasteiger partial charge < -0.3 is 0 Å². The van der Waals surface area contributed by atoms with Crippen LogP contribution in [0.1, 0.15) is 28.5 Å². The zero-order valence-corrected chi connectivity index (χ0v) is 10.9. The fraction of sp³-hybridized carbons (Fsp3) is 0.133. The maximum absolute atomic E-state index is 12.0. The lowest BCUT2D eigenvalue weighted by atomic mass is 10.1. The van der Waals surface area contributed by atoms with Crippen LogP contribution in [0.5, 0.6) is 0 Å². The second kappa shape index (κ2) is 5.91. The predicted molar refractivity (Wildman–Crippen MR) is 75.1 cm³/mol. The molecular weight excluding hydrogens is 238 g/mol. The molecule has 1 aromatic carbocycles. The molecule has 0 aliphatic rings. The summed E-state index contributed by atoms with van der Waals surface area (Å²) in [4.78, 5) is 16.1. The van der Waals surface area contributed by atoms with Crippen LogP contribution in [0.25, 0.3) is 0 Å². The summed E-state index contributed by atoms with van der Waals surface area (Å²) in [6, 6.07) is 13.0. The Balaban J connectivity index is 2.11. The number of aromatic nitrogens is 1. The summed E-state index contributed by atoms with van der Waals surface area (Å²) in [6.07, 6.45) is 1.69. The number of pyridine rings is 1. The molecule has 2 rings (SSSR count). The maximum atomic E-state index is 12.0. The van der Waals surface area contributed by atoms with Crippen LogP contribution in [0.2, 0.25) is 0 Å². The topological polar surface area (TPSA) is 54.4 Å². The molecule has 0 atom stereocenters. The van der Waals surface area contributed by atoms with Gasteiger partial charge in [0.15, 0.2) is 0 Å². The molecule has 0 radical (unpaired) electrons. The molecule has 2 aromatic rings. The van der Waals surface area contributed by atoms with Gasteiger partial charge in [-0.15, -0.1) is 0 Å². The van der Waals surface area contributed by atoms with Crippen molar-refractivity contribution >= 4 is 11.6 Å². The Hall–Kier alpha value is -2.49. The monoisotopic (exact) mass is 253 g/mol. The molecule has 1 amide bonds. The molecular formula is C15H15N3O. The summed E-state index contributed by atoms with van der Waals surface area (Å²) in [7, 11) is 0. The van der Waals surface area contributed by atoms with Crippen LogP contribution in [-0.2, 0) is 0 Å². The average molecular weight is 253 g/mol. The molecule has 0 spiro atoms. The predicted octanol–water partition coefficient (Wildman–Crippen LogP) is 2.54. The van der Waals surface area contributed by atoms with Crippen LogP contribution in [0.4, 0.5) is 0 Å². The highest BCUT2D eigenvalue weighted by Crippen LogP contribution is 2.06. The molecule has 0 aliphatic carbocycles. The van der Waals surface area contributed by atoms with Gasteiger partial charge in [-0.2, -0.15) is 5.10 Å². The Morgan fingerprint density at radius 1 is 1.16 bits per heavy atom. The van der Waals surface area contributed by atoms with Crippen LogP contribution < -0.4 is 5.43 Å². The normalized spacial score (nSPS) is 11.2. The molecule has 0 unspecified atom stereocenters. The van der Waals surface area contributed by atoms with Gasteiger partial charge in [-0.05, 0) is 37.6 Å². The summed E-state index contributed by atoms with van der Waals surface area (Å²) >= 11 is 0. The van der Waals surface area contributed by atoms with E-state index in [1.165, 1.54) is 0 Å². The first-order chi connectivity index (χ1) is 9.18. The van der Waals surface area contributed by atoms with E-state index < -0.39 is 0 Å². The van der Waals surface area contributed by atoms with E-state index in [9.17, 15) is 4.79 Å². The third kappa shape index (κ3) is 3.25. The number of hydrazone groups is 1. The zero-order chi connectivity index (χ0) is 13.7. The van der Waals surface area contributed by atoms with E-state index in [2.05, 4.69) is 15.5 Å². The lowest BCUT2D eigenvalue weighted by Crippen LogP contribution is -2.20. The number of aryl methyl sites for hydroxylation is 1. The third-order valence-electron chi connectivity index (χ3n) is 2.75. The minimum absolute atomic E-state index is 0.214. The van der Waals surface area contributed by atoms with Gasteiger partial charge in [-0.3, -0.25) is 9.78 Å². The first kappa shape index (κ1) is 13.0. The Bertz CT molecular complexity index is 606. The number of nitrogens with zero attached hydrogens (tertiary/aromatic N) is 2. The van der Waals surface area contributed by atoms with E-state index in [0.717, 1.165) is 11.3 Å². The number of hydrogen-bond acceptors (Lipinski definition) is 3. The van der Waals surface area contributed by atoms with Crippen molar-refractivity contribution in [2.24, 2.45) is 5.10 Å². The summed E-state index contributed by atoms with van der Waals surface area (Å²) in [5.41, 5.74) is 5.51. The van der Waals surface area contributed by atoms with Crippen molar-refractivity contribution in [1.29, 1.82) is 0 Å². The van der Waals surface area contributed by atoms with E-state index in [4.69, 9.17) is 0 Å². The van der Waals surface area contributed by atoms with Crippen molar-refractivity contribution in [3.63, 3.8) is 0 Å². The van der Waals surface area contributed by atoms with Crippen LogP contribution in [0.15, 0.2) is 53.8 Å². The van der Waals surface area contributed by atoms with Gasteiger partial charge in [-0.1, -0.05) is 24.3 Å². The van der Waals surface area contributed by atoms with Gasteiger partial charge in [-0.25, -0.2) is 5.43 Å². The molecule has 0 fully saturated rings. The molecule has 0 saturated heterocycles. The standard InChI is InChI=1S/C15H15N3O/c1-11-7-3-4-8-13(11)15(19)18-17-12(2)14-9-5-6-10-16-14/h3-10H,1-2H3,(H,18,19)/b17-12-. The number of hydrogen-bond donors (Lipinski definition) is 1. The van der Waals surface area contributed by atoms with Crippen molar-refractivity contribution in [2.75, 3.05) is 0 Å². The highest BCUT2D eigenvalue weighted by molar-refractivity contribution is 6.00. The zero-order valence-electron chi connectivity index (χ0n) is 10.9. The smallest absolute Gasteiger partial charge is 0.267 e. The van der Waals surface area contributed by atoms with E-state index >= 15 is 0 Å². The van der Waals surface area contributed by atoms with Gasteiger partial charge in [0.2, 0.25) is 0 Å². The Morgan fingerprint density at radius 3 is 2.58 bits per heavy atom. The summed E-state index contributed by atoms with van der Waals surface area (Å²) in [5.74, 6) is -0.214. The van der Waals surface area contributed by atoms with Crippen LogP contribution in [0.3, 0.4) is 0 Å². The quantitative estimate of drug-likeness (QED) is 0.675. The largest absolute Gasteiger partial charge is 0.271 e. The summed E-state index contributed by atoms with van der Waals surface area (Å²) in [6.45, 7) is 3.70. The summed E-state index contributed by atoms with van der Waals surface area (Å²) < 4.78 is 0. The SMILES string of the molecule is C/C(=N/NC(=O)c1ccccc1C)c1ccccn1. The minimum Gasteiger partial charge on any atom is -0.267 e. The van der Waals surface area contributed by atoms with E-state index in [1.54, 1.807) is 19.2 Å². The van der Waals surface area contributed by atoms with E-state index in [0.29, 0.717) is 11.3 Å². The lowest BCUT2D eigenvalue weighted by molar-refractivity contribution is 0.0954. The molecule has 4 heteroatoms. The van der Waals surface area contributed by atoms with Crippen LogP contribution >= 0.6 is 0 Å². The molecule has 1 heterocycles. The van der Waals surface area contributed by atoms with Crippen LogP contribution in [0, 0.1) is 6.92 Å². The molecule has 0 bridgehead atoms. The second-order valence-electron chi connectivity index (χ2n) is 4.17. The number of benzene rings is 1. The number of carbonyl (C=O) groups excluding carboxylic acids is 1. The minimum atomic E-state index is -0.214. The number of amides is 1. The van der Waals surface area contributed by atoms with Gasteiger partial charge in [0.25, 0.3) is 5.91 Å². The molecule has 1 N–H and O–H groups in total. The van der Waals surface area contributed by atoms with Gasteiger partial charge in [0.05, 0.1) is 11.4 Å². The van der Waals surface area contributed by atoms with E-state index in [-0.39, 0.29) is 5.91 Å². The fourth-order valence-electron chi connectivity index (χ4n) is 1.66. The van der Waals surface area contributed by atoms with Crippen molar-refractivity contribution in [1.82, 2.24) is 10.4 Å². The molecule has 1 aromatic heterocycles. The first-order valence-electron chi connectivity index (χ1n) is 6.00. The molecule has 0 aliphatic heterocycles. The van der Waals surface area contributed by atoms with Crippen molar-refractivity contribution in [3.8, 4) is 0 Å². The van der Waals surface area contributed by atoms with Gasteiger partial charge >= 0.3 is 0 Å². The number of rotatable bonds is 3. The van der Waals surface area contributed by atoms with Gasteiger partial charge in [0, 0.05) is 11.8 Å². The number of carbonyl (C=O) groups is 1. The van der Waals surface area contributed by atoms with Gasteiger partial charge in [0.1, 0.15) is 0 Å². The molecule has 19 heavy (non-hydrogen) atoms. The Kier molecular flexibility index (Phi) is 4.03. The van der Waals surface area contributed by atoms with Crippen LogP contribution in [-0.4, -0.2) is 16.6 Å².